The lowest BCUT2D eigenvalue weighted by molar-refractivity contribution is -0.121. The van der Waals surface area contributed by atoms with E-state index in [0.29, 0.717) is 25.7 Å². The normalized spacial score (nSPS) is 26.2. The first kappa shape index (κ1) is 7.44. The molecule has 1 saturated carbocycles. The van der Waals surface area contributed by atoms with Crippen LogP contribution in [0.3, 0.4) is 0 Å². The summed E-state index contributed by atoms with van der Waals surface area (Å²) >= 11 is 1.78. The quantitative estimate of drug-likeness (QED) is 0.470. The summed E-state index contributed by atoms with van der Waals surface area (Å²) in [6, 6.07) is 0. The van der Waals surface area contributed by atoms with Gasteiger partial charge in [-0.2, -0.15) is 0 Å². The summed E-state index contributed by atoms with van der Waals surface area (Å²) in [5.74, 6) is 0.208. The summed E-state index contributed by atoms with van der Waals surface area (Å²) in [5.41, 5.74) is 0. The average molecular weight is 242 g/mol. The highest BCUT2D eigenvalue weighted by atomic mass is 127. The lowest BCUT2D eigenvalue weighted by Crippen LogP contribution is -2.22. The fourth-order valence-electron chi connectivity index (χ4n) is 0.895. The Balaban J connectivity index is 2.44. The Morgan fingerprint density at radius 1 is 1.44 bits per heavy atom. The highest BCUT2D eigenvalue weighted by molar-refractivity contribution is 14.1. The number of rotatable bonds is 0. The van der Waals surface area contributed by atoms with Gasteiger partial charge in [-0.05, 0) is 35.4 Å². The van der Waals surface area contributed by atoms with E-state index in [1.807, 2.05) is 0 Å². The highest BCUT2D eigenvalue weighted by Crippen LogP contribution is 2.35. The van der Waals surface area contributed by atoms with E-state index in [4.69, 9.17) is 0 Å². The van der Waals surface area contributed by atoms with Crippen LogP contribution in [0.4, 0.5) is 4.39 Å². The third-order valence-electron chi connectivity index (χ3n) is 1.54. The molecular formula is C6H8FIO. The Morgan fingerprint density at radius 2 is 1.89 bits per heavy atom. The maximum atomic E-state index is 12.9. The molecular weight excluding hydrogens is 234 g/mol. The second-order valence-corrected chi connectivity index (χ2v) is 4.33. The van der Waals surface area contributed by atoms with Crippen LogP contribution in [0, 0.1) is 0 Å². The molecule has 0 radical (unpaired) electrons. The molecule has 9 heavy (non-hydrogen) atoms. The minimum atomic E-state index is -1.09. The van der Waals surface area contributed by atoms with Crippen molar-refractivity contribution in [3.63, 3.8) is 0 Å². The van der Waals surface area contributed by atoms with Crippen molar-refractivity contribution in [2.24, 2.45) is 0 Å². The van der Waals surface area contributed by atoms with Gasteiger partial charge in [0.05, 0.1) is 0 Å². The van der Waals surface area contributed by atoms with Gasteiger partial charge in [0.25, 0.3) is 0 Å². The minimum absolute atomic E-state index is 0.208. The van der Waals surface area contributed by atoms with Crippen molar-refractivity contribution in [1.82, 2.24) is 0 Å². The van der Waals surface area contributed by atoms with E-state index in [9.17, 15) is 9.18 Å². The maximum absolute atomic E-state index is 12.9. The van der Waals surface area contributed by atoms with Crippen LogP contribution >= 0.6 is 22.6 Å². The van der Waals surface area contributed by atoms with Crippen LogP contribution < -0.4 is 0 Å². The molecule has 0 bridgehead atoms. The molecule has 52 valence electrons. The highest BCUT2D eigenvalue weighted by Gasteiger charge is 2.30. The molecule has 1 fully saturated rings. The van der Waals surface area contributed by atoms with E-state index >= 15 is 0 Å². The van der Waals surface area contributed by atoms with Gasteiger partial charge in [0, 0.05) is 12.8 Å². The van der Waals surface area contributed by atoms with E-state index in [1.165, 1.54) is 0 Å². The fourth-order valence-corrected chi connectivity index (χ4v) is 1.43. The lowest BCUT2D eigenvalue weighted by atomic mass is 9.98. The van der Waals surface area contributed by atoms with E-state index in [2.05, 4.69) is 0 Å². The van der Waals surface area contributed by atoms with E-state index in [0.717, 1.165) is 0 Å². The van der Waals surface area contributed by atoms with Gasteiger partial charge in [0.1, 0.15) is 5.78 Å². The number of Topliss-reactive ketones (excluding diaryl/α,β-unsaturated/α-hetero) is 1. The van der Waals surface area contributed by atoms with Crippen LogP contribution in [-0.4, -0.2) is 9.46 Å². The molecule has 0 saturated heterocycles. The molecule has 0 aromatic carbocycles. The Kier molecular flexibility index (Phi) is 2.08. The van der Waals surface area contributed by atoms with E-state index in [-0.39, 0.29) is 5.78 Å². The Hall–Kier alpha value is 0.330. The minimum Gasteiger partial charge on any atom is -0.300 e. The van der Waals surface area contributed by atoms with Crippen LogP contribution in [0.1, 0.15) is 25.7 Å². The zero-order valence-electron chi connectivity index (χ0n) is 4.99. The SMILES string of the molecule is O=C1CCC(F)(I)CC1. The number of ketones is 1. The van der Waals surface area contributed by atoms with Crippen molar-refractivity contribution in [1.29, 1.82) is 0 Å². The van der Waals surface area contributed by atoms with Crippen molar-refractivity contribution >= 4 is 28.4 Å². The average Bonchev–Trinajstić information content (AvgIpc) is 1.78. The van der Waals surface area contributed by atoms with E-state index in [1.54, 1.807) is 22.6 Å². The molecule has 1 aliphatic rings. The molecule has 3 heteroatoms. The third-order valence-corrected chi connectivity index (χ3v) is 2.62. The predicted molar refractivity (Wildman–Crippen MR) is 41.3 cm³/mol. The number of carbonyl (C=O) groups excluding carboxylic acids is 1. The zero-order valence-corrected chi connectivity index (χ0v) is 7.15. The molecule has 0 N–H and O–H groups in total. The molecule has 0 aliphatic heterocycles. The first-order valence-corrected chi connectivity index (χ1v) is 4.08. The smallest absolute Gasteiger partial charge is 0.162 e. The lowest BCUT2D eigenvalue weighted by Gasteiger charge is -2.21. The van der Waals surface area contributed by atoms with Crippen molar-refractivity contribution < 1.29 is 9.18 Å². The number of carbonyl (C=O) groups is 1. The van der Waals surface area contributed by atoms with Crippen molar-refractivity contribution in [3.05, 3.63) is 0 Å². The van der Waals surface area contributed by atoms with Crippen molar-refractivity contribution in [2.75, 3.05) is 0 Å². The molecule has 1 nitrogen and oxygen atoms in total. The predicted octanol–water partition coefficient (Wildman–Crippen LogP) is 2.23. The van der Waals surface area contributed by atoms with Gasteiger partial charge >= 0.3 is 0 Å². The molecule has 0 amide bonds. The van der Waals surface area contributed by atoms with Crippen molar-refractivity contribution in [2.45, 2.75) is 29.4 Å². The second-order valence-electron chi connectivity index (χ2n) is 2.39. The summed E-state index contributed by atoms with van der Waals surface area (Å²) in [7, 11) is 0. The number of hydrogen-bond acceptors (Lipinski definition) is 1. The molecule has 1 rings (SSSR count). The van der Waals surface area contributed by atoms with Gasteiger partial charge < -0.3 is 0 Å². The summed E-state index contributed by atoms with van der Waals surface area (Å²) in [5, 5.41) is 0. The van der Waals surface area contributed by atoms with Gasteiger partial charge in [-0.15, -0.1) is 0 Å². The summed E-state index contributed by atoms with van der Waals surface area (Å²) < 4.78 is 11.8. The number of hydrogen-bond donors (Lipinski definition) is 0. The molecule has 1 aliphatic carbocycles. The monoisotopic (exact) mass is 242 g/mol. The number of halogens is 2. The second kappa shape index (κ2) is 2.52. The fraction of sp³-hybridized carbons (Fsp3) is 0.833. The molecule has 0 aromatic heterocycles. The topological polar surface area (TPSA) is 17.1 Å². The van der Waals surface area contributed by atoms with Gasteiger partial charge in [-0.3, -0.25) is 4.79 Å². The van der Waals surface area contributed by atoms with Crippen LogP contribution in [0.2, 0.25) is 0 Å². The van der Waals surface area contributed by atoms with Gasteiger partial charge in [-0.25, -0.2) is 4.39 Å². The first-order valence-electron chi connectivity index (χ1n) is 3.00. The van der Waals surface area contributed by atoms with Crippen LogP contribution in [0.5, 0.6) is 0 Å². The molecule has 0 spiro atoms. The Morgan fingerprint density at radius 3 is 2.22 bits per heavy atom. The van der Waals surface area contributed by atoms with Crippen LogP contribution in [0.15, 0.2) is 0 Å². The largest absolute Gasteiger partial charge is 0.300 e. The first-order chi connectivity index (χ1) is 4.10. The molecule has 0 atom stereocenters. The zero-order chi connectivity index (χ0) is 6.91. The van der Waals surface area contributed by atoms with E-state index < -0.39 is 3.68 Å². The standard InChI is InChI=1S/C6H8FIO/c7-6(8)3-1-5(9)2-4-6/h1-4H2. The van der Waals surface area contributed by atoms with Crippen LogP contribution in [-0.2, 0) is 4.79 Å². The molecule has 0 aromatic rings. The number of alkyl halides is 2. The molecule has 0 unspecified atom stereocenters. The van der Waals surface area contributed by atoms with Gasteiger partial charge in [-0.1, -0.05) is 0 Å². The van der Waals surface area contributed by atoms with Crippen LogP contribution in [0.25, 0.3) is 0 Å². The van der Waals surface area contributed by atoms with Gasteiger partial charge in [0.2, 0.25) is 0 Å². The van der Waals surface area contributed by atoms with Crippen molar-refractivity contribution in [3.8, 4) is 0 Å². The summed E-state index contributed by atoms with van der Waals surface area (Å²) in [6.07, 6.45) is 1.68. The maximum Gasteiger partial charge on any atom is 0.162 e. The molecule has 0 heterocycles. The summed E-state index contributed by atoms with van der Waals surface area (Å²) in [6.45, 7) is 0. The Bertz CT molecular complexity index is 121. The summed E-state index contributed by atoms with van der Waals surface area (Å²) in [4.78, 5) is 10.6. The third kappa shape index (κ3) is 2.20. The van der Waals surface area contributed by atoms with Gasteiger partial charge in [0.15, 0.2) is 3.68 Å². The Labute approximate surface area is 67.1 Å².